The summed E-state index contributed by atoms with van der Waals surface area (Å²) in [6.07, 6.45) is 0.816. The van der Waals surface area contributed by atoms with Crippen molar-refractivity contribution < 1.29 is 9.72 Å². The average molecular weight is 390 g/mol. The van der Waals surface area contributed by atoms with Gasteiger partial charge in [-0.25, -0.2) is 0 Å². The Labute approximate surface area is 164 Å². The third-order valence-electron chi connectivity index (χ3n) is 4.55. The SMILES string of the molecule is CCN(CC)[C@H](CNC(=O)c1ccc([N+](=O)[O-])cc1Cl)Cc1ccccc1. The van der Waals surface area contributed by atoms with Crippen LogP contribution in [0.3, 0.4) is 0 Å². The van der Waals surface area contributed by atoms with E-state index in [9.17, 15) is 14.9 Å². The van der Waals surface area contributed by atoms with Crippen LogP contribution in [0.2, 0.25) is 5.02 Å². The van der Waals surface area contributed by atoms with Gasteiger partial charge >= 0.3 is 0 Å². The van der Waals surface area contributed by atoms with Gasteiger partial charge in [-0.2, -0.15) is 0 Å². The molecule has 0 saturated carbocycles. The van der Waals surface area contributed by atoms with E-state index in [0.717, 1.165) is 19.5 Å². The Bertz CT molecular complexity index is 779. The van der Waals surface area contributed by atoms with Gasteiger partial charge in [-0.15, -0.1) is 0 Å². The van der Waals surface area contributed by atoms with Crippen molar-refractivity contribution in [3.05, 3.63) is 74.8 Å². The van der Waals surface area contributed by atoms with Gasteiger partial charge < -0.3 is 5.32 Å². The number of nitrogens with one attached hydrogen (secondary N) is 1. The molecule has 7 heteroatoms. The van der Waals surface area contributed by atoms with E-state index in [2.05, 4.69) is 36.2 Å². The minimum Gasteiger partial charge on any atom is -0.350 e. The molecule has 0 saturated heterocycles. The number of hydrogen-bond acceptors (Lipinski definition) is 4. The predicted octanol–water partition coefficient (Wildman–Crippen LogP) is 3.93. The molecule has 1 atom stereocenters. The molecular weight excluding hydrogens is 366 g/mol. The second-order valence-corrected chi connectivity index (χ2v) is 6.60. The molecule has 1 amide bonds. The molecular formula is C20H24ClN3O3. The van der Waals surface area contributed by atoms with Crippen molar-refractivity contribution in [1.82, 2.24) is 10.2 Å². The molecule has 27 heavy (non-hydrogen) atoms. The van der Waals surface area contributed by atoms with Crippen molar-refractivity contribution in [3.8, 4) is 0 Å². The van der Waals surface area contributed by atoms with E-state index in [1.54, 1.807) is 0 Å². The Kier molecular flexibility index (Phi) is 7.76. The predicted molar refractivity (Wildman–Crippen MR) is 107 cm³/mol. The molecule has 0 unspecified atom stereocenters. The zero-order valence-corrected chi connectivity index (χ0v) is 16.3. The molecule has 0 spiro atoms. The smallest absolute Gasteiger partial charge is 0.270 e. The Hall–Kier alpha value is -2.44. The topological polar surface area (TPSA) is 75.5 Å². The second-order valence-electron chi connectivity index (χ2n) is 6.20. The summed E-state index contributed by atoms with van der Waals surface area (Å²) in [6, 6.07) is 14.1. The average Bonchev–Trinajstić information content (AvgIpc) is 2.67. The highest BCUT2D eigenvalue weighted by atomic mass is 35.5. The third-order valence-corrected chi connectivity index (χ3v) is 4.86. The molecule has 0 fully saturated rings. The molecule has 0 aliphatic heterocycles. The van der Waals surface area contributed by atoms with E-state index in [-0.39, 0.29) is 28.2 Å². The van der Waals surface area contributed by atoms with Gasteiger partial charge in [0.15, 0.2) is 0 Å². The van der Waals surface area contributed by atoms with Crippen molar-refractivity contribution in [2.24, 2.45) is 0 Å². The highest BCUT2D eigenvalue weighted by molar-refractivity contribution is 6.34. The van der Waals surface area contributed by atoms with E-state index in [4.69, 9.17) is 11.6 Å². The lowest BCUT2D eigenvalue weighted by Gasteiger charge is -2.30. The normalized spacial score (nSPS) is 12.0. The first kappa shape index (κ1) is 20.9. The van der Waals surface area contributed by atoms with Crippen molar-refractivity contribution >= 4 is 23.2 Å². The lowest BCUT2D eigenvalue weighted by molar-refractivity contribution is -0.384. The Morgan fingerprint density at radius 2 is 1.85 bits per heavy atom. The largest absolute Gasteiger partial charge is 0.350 e. The fraction of sp³-hybridized carbons (Fsp3) is 0.350. The van der Waals surface area contributed by atoms with Crippen LogP contribution in [-0.4, -0.2) is 41.4 Å². The van der Waals surface area contributed by atoms with E-state index >= 15 is 0 Å². The number of nitro benzene ring substituents is 1. The van der Waals surface area contributed by atoms with Crippen LogP contribution in [0.4, 0.5) is 5.69 Å². The Balaban J connectivity index is 2.09. The molecule has 2 aromatic carbocycles. The first-order valence-corrected chi connectivity index (χ1v) is 9.34. The van der Waals surface area contributed by atoms with Crippen LogP contribution < -0.4 is 5.32 Å². The monoisotopic (exact) mass is 389 g/mol. The maximum Gasteiger partial charge on any atom is 0.270 e. The summed E-state index contributed by atoms with van der Waals surface area (Å²) in [6.45, 7) is 6.40. The van der Waals surface area contributed by atoms with Crippen LogP contribution in [0, 0.1) is 10.1 Å². The number of carbonyl (C=O) groups excluding carboxylic acids is 1. The zero-order valence-electron chi connectivity index (χ0n) is 15.5. The summed E-state index contributed by atoms with van der Waals surface area (Å²) >= 11 is 6.05. The van der Waals surface area contributed by atoms with Crippen molar-refractivity contribution in [3.63, 3.8) is 0 Å². The number of amides is 1. The van der Waals surface area contributed by atoms with Gasteiger partial charge in [-0.1, -0.05) is 55.8 Å². The van der Waals surface area contributed by atoms with Crippen LogP contribution in [0.1, 0.15) is 29.8 Å². The van der Waals surface area contributed by atoms with E-state index in [0.29, 0.717) is 6.54 Å². The van der Waals surface area contributed by atoms with Crippen LogP contribution in [-0.2, 0) is 6.42 Å². The summed E-state index contributed by atoms with van der Waals surface area (Å²) in [7, 11) is 0. The van der Waals surface area contributed by atoms with E-state index < -0.39 is 4.92 Å². The highest BCUT2D eigenvalue weighted by Crippen LogP contribution is 2.22. The molecule has 0 aliphatic carbocycles. The highest BCUT2D eigenvalue weighted by Gasteiger charge is 2.19. The van der Waals surface area contributed by atoms with Gasteiger partial charge in [0.1, 0.15) is 0 Å². The van der Waals surface area contributed by atoms with Gasteiger partial charge in [-0.05, 0) is 31.1 Å². The molecule has 144 valence electrons. The van der Waals surface area contributed by atoms with Gasteiger partial charge in [-0.3, -0.25) is 19.8 Å². The number of benzene rings is 2. The number of hydrogen-bond donors (Lipinski definition) is 1. The maximum absolute atomic E-state index is 12.5. The third kappa shape index (κ3) is 5.77. The molecule has 6 nitrogen and oxygen atoms in total. The van der Waals surface area contributed by atoms with Gasteiger partial charge in [0.25, 0.3) is 11.6 Å². The Morgan fingerprint density at radius 3 is 2.41 bits per heavy atom. The number of rotatable bonds is 9. The van der Waals surface area contributed by atoms with Crippen LogP contribution >= 0.6 is 11.6 Å². The maximum atomic E-state index is 12.5. The summed E-state index contributed by atoms with van der Waals surface area (Å²) < 4.78 is 0. The zero-order chi connectivity index (χ0) is 19.8. The number of non-ortho nitro benzene ring substituents is 1. The van der Waals surface area contributed by atoms with Gasteiger partial charge in [0.2, 0.25) is 0 Å². The molecule has 2 rings (SSSR count). The molecule has 0 aromatic heterocycles. The van der Waals surface area contributed by atoms with Gasteiger partial charge in [0, 0.05) is 24.7 Å². The van der Waals surface area contributed by atoms with Crippen LogP contribution in [0.15, 0.2) is 48.5 Å². The van der Waals surface area contributed by atoms with E-state index in [1.807, 2.05) is 18.2 Å². The summed E-state index contributed by atoms with van der Waals surface area (Å²) in [4.78, 5) is 25.1. The van der Waals surface area contributed by atoms with Crippen molar-refractivity contribution in [1.29, 1.82) is 0 Å². The molecule has 0 heterocycles. The molecule has 0 bridgehead atoms. The Morgan fingerprint density at radius 1 is 1.19 bits per heavy atom. The van der Waals surface area contributed by atoms with E-state index in [1.165, 1.54) is 23.8 Å². The van der Waals surface area contributed by atoms with Crippen LogP contribution in [0.5, 0.6) is 0 Å². The molecule has 0 aliphatic rings. The lowest BCUT2D eigenvalue weighted by Crippen LogP contribution is -2.45. The standard InChI is InChI=1S/C20H24ClN3O3/c1-3-23(4-2)17(12-15-8-6-5-7-9-15)14-22-20(25)18-11-10-16(24(26)27)13-19(18)21/h5-11,13,17H,3-4,12,14H2,1-2H3,(H,22,25)/t17-/m0/s1. The fourth-order valence-corrected chi connectivity index (χ4v) is 3.32. The first-order chi connectivity index (χ1) is 13.0. The van der Waals surface area contributed by atoms with Gasteiger partial charge in [0.05, 0.1) is 15.5 Å². The minimum atomic E-state index is -0.538. The quantitative estimate of drug-likeness (QED) is 0.520. The fourth-order valence-electron chi connectivity index (χ4n) is 3.06. The summed E-state index contributed by atoms with van der Waals surface area (Å²) in [5.41, 5.74) is 1.30. The van der Waals surface area contributed by atoms with Crippen LogP contribution in [0.25, 0.3) is 0 Å². The molecule has 2 aromatic rings. The summed E-state index contributed by atoms with van der Waals surface area (Å²) in [5.74, 6) is -0.333. The number of halogens is 1. The number of likely N-dealkylation sites (N-methyl/N-ethyl adjacent to an activating group) is 1. The number of carbonyl (C=O) groups is 1. The second kappa shape index (κ2) is 10.0. The number of nitrogens with zero attached hydrogens (tertiary/aromatic N) is 2. The van der Waals surface area contributed by atoms with Crippen molar-refractivity contribution in [2.75, 3.05) is 19.6 Å². The summed E-state index contributed by atoms with van der Waals surface area (Å²) in [5, 5.41) is 13.8. The lowest BCUT2D eigenvalue weighted by atomic mass is 10.0. The first-order valence-electron chi connectivity index (χ1n) is 8.96. The minimum absolute atomic E-state index is 0.0733. The molecule has 0 radical (unpaired) electrons. The molecule has 1 N–H and O–H groups in total. The van der Waals surface area contributed by atoms with Crippen molar-refractivity contribution in [2.45, 2.75) is 26.3 Å². The number of nitro groups is 1.